The van der Waals surface area contributed by atoms with Crippen molar-refractivity contribution in [2.75, 3.05) is 31.5 Å². The molecule has 2 fully saturated rings. The number of rotatable bonds is 5. The second kappa shape index (κ2) is 10.4. The van der Waals surface area contributed by atoms with Gasteiger partial charge in [-0.15, -0.1) is 0 Å². The monoisotopic (exact) mass is 501 g/mol. The quantitative estimate of drug-likeness (QED) is 0.535. The van der Waals surface area contributed by atoms with Crippen LogP contribution in [0.3, 0.4) is 0 Å². The zero-order chi connectivity index (χ0) is 23.7. The Morgan fingerprint density at radius 3 is 2.38 bits per heavy atom. The smallest absolute Gasteiger partial charge is 0.238 e. The fourth-order valence-corrected chi connectivity index (χ4v) is 6.83. The standard InChI is InChI=1S/C27H33Cl2N3O2/c28-20-14-21(29)16-22(15-20)30-26(34)17-32-12-9-19-13-24(33)5-6-25(19)27(32)18-7-10-31(11-8-18)23-3-1-2-4-23/h5-6,13-16,18,23,27,33H,1-4,7-12,17H2,(H,30,34). The van der Waals surface area contributed by atoms with Gasteiger partial charge in [0, 0.05) is 34.4 Å². The van der Waals surface area contributed by atoms with Crippen LogP contribution in [0, 0.1) is 5.92 Å². The van der Waals surface area contributed by atoms with Crippen LogP contribution < -0.4 is 5.32 Å². The molecule has 182 valence electrons. The first-order chi connectivity index (χ1) is 16.5. The van der Waals surface area contributed by atoms with E-state index >= 15 is 0 Å². The van der Waals surface area contributed by atoms with Gasteiger partial charge in [0.25, 0.3) is 0 Å². The summed E-state index contributed by atoms with van der Waals surface area (Å²) >= 11 is 12.2. The Labute approximate surface area is 212 Å². The minimum Gasteiger partial charge on any atom is -0.508 e. The van der Waals surface area contributed by atoms with E-state index in [-0.39, 0.29) is 11.9 Å². The van der Waals surface area contributed by atoms with Crippen molar-refractivity contribution >= 4 is 34.8 Å². The number of aromatic hydroxyl groups is 1. The Balaban J connectivity index is 1.32. The third-order valence-corrected chi connectivity index (χ3v) is 8.30. The number of likely N-dealkylation sites (tertiary alicyclic amines) is 1. The summed E-state index contributed by atoms with van der Waals surface area (Å²) in [6, 6.07) is 11.8. The summed E-state index contributed by atoms with van der Waals surface area (Å²) in [7, 11) is 0. The zero-order valence-electron chi connectivity index (χ0n) is 19.5. The van der Waals surface area contributed by atoms with Crippen molar-refractivity contribution in [2.45, 2.75) is 57.0 Å². The number of carbonyl (C=O) groups is 1. The van der Waals surface area contributed by atoms with Crippen LogP contribution in [-0.4, -0.2) is 53.0 Å². The predicted octanol–water partition coefficient (Wildman–Crippen LogP) is 5.89. The summed E-state index contributed by atoms with van der Waals surface area (Å²) in [6.45, 7) is 3.40. The van der Waals surface area contributed by atoms with Crippen LogP contribution in [0.5, 0.6) is 5.75 Å². The molecule has 1 unspecified atom stereocenters. The van der Waals surface area contributed by atoms with E-state index in [0.717, 1.165) is 44.9 Å². The van der Waals surface area contributed by atoms with E-state index in [0.29, 0.717) is 33.9 Å². The molecule has 5 nitrogen and oxygen atoms in total. The highest BCUT2D eigenvalue weighted by atomic mass is 35.5. The Kier molecular flexibility index (Phi) is 7.35. The van der Waals surface area contributed by atoms with Gasteiger partial charge in [0.2, 0.25) is 5.91 Å². The summed E-state index contributed by atoms with van der Waals surface area (Å²) in [5.74, 6) is 0.751. The van der Waals surface area contributed by atoms with E-state index in [4.69, 9.17) is 23.2 Å². The topological polar surface area (TPSA) is 55.8 Å². The molecule has 1 saturated heterocycles. The molecule has 2 heterocycles. The number of hydrogen-bond donors (Lipinski definition) is 2. The predicted molar refractivity (Wildman–Crippen MR) is 138 cm³/mol. The van der Waals surface area contributed by atoms with E-state index in [1.807, 2.05) is 6.07 Å². The van der Waals surface area contributed by atoms with Gasteiger partial charge in [-0.05, 0) is 92.6 Å². The summed E-state index contributed by atoms with van der Waals surface area (Å²) in [5, 5.41) is 14.0. The Bertz CT molecular complexity index is 1010. The molecule has 0 bridgehead atoms. The number of amides is 1. The van der Waals surface area contributed by atoms with Crippen LogP contribution in [0.25, 0.3) is 0 Å². The van der Waals surface area contributed by atoms with E-state index in [1.54, 1.807) is 24.3 Å². The van der Waals surface area contributed by atoms with E-state index in [2.05, 4.69) is 21.2 Å². The van der Waals surface area contributed by atoms with Crippen molar-refractivity contribution in [3.8, 4) is 5.75 Å². The number of fused-ring (bicyclic) bond motifs is 1. The number of anilines is 1. The fraction of sp³-hybridized carbons (Fsp3) is 0.519. The lowest BCUT2D eigenvalue weighted by molar-refractivity contribution is -0.118. The molecular weight excluding hydrogens is 469 g/mol. The summed E-state index contributed by atoms with van der Waals surface area (Å²) < 4.78 is 0. The molecule has 1 saturated carbocycles. The molecule has 0 spiro atoms. The minimum atomic E-state index is -0.0612. The van der Waals surface area contributed by atoms with Gasteiger partial charge < -0.3 is 15.3 Å². The first kappa shape index (κ1) is 23.9. The minimum absolute atomic E-state index is 0.0612. The Morgan fingerprint density at radius 1 is 0.971 bits per heavy atom. The molecule has 3 aliphatic rings. The van der Waals surface area contributed by atoms with Crippen LogP contribution >= 0.6 is 23.2 Å². The van der Waals surface area contributed by atoms with Crippen LogP contribution in [0.15, 0.2) is 36.4 Å². The Hall–Kier alpha value is -1.79. The molecule has 2 N–H and O–H groups in total. The normalized spacial score (nSPS) is 22.6. The molecule has 2 aliphatic heterocycles. The van der Waals surface area contributed by atoms with Crippen molar-refractivity contribution in [2.24, 2.45) is 5.92 Å². The summed E-state index contributed by atoms with van der Waals surface area (Å²) in [5.41, 5.74) is 3.09. The van der Waals surface area contributed by atoms with Gasteiger partial charge in [-0.25, -0.2) is 0 Å². The maximum Gasteiger partial charge on any atom is 0.238 e. The average molecular weight is 502 g/mol. The number of phenolic OH excluding ortho intramolecular Hbond substituents is 1. The van der Waals surface area contributed by atoms with Crippen LogP contribution in [0.1, 0.15) is 55.7 Å². The lowest BCUT2D eigenvalue weighted by atomic mass is 9.79. The highest BCUT2D eigenvalue weighted by Crippen LogP contribution is 2.41. The lowest BCUT2D eigenvalue weighted by Gasteiger charge is -2.45. The van der Waals surface area contributed by atoms with Gasteiger partial charge in [0.15, 0.2) is 0 Å². The highest BCUT2D eigenvalue weighted by molar-refractivity contribution is 6.35. The van der Waals surface area contributed by atoms with E-state index in [9.17, 15) is 9.90 Å². The number of carbonyl (C=O) groups excluding carboxylic acids is 1. The summed E-state index contributed by atoms with van der Waals surface area (Å²) in [6.07, 6.45) is 8.53. The number of nitrogens with one attached hydrogen (secondary N) is 1. The first-order valence-corrected chi connectivity index (χ1v) is 13.3. The van der Waals surface area contributed by atoms with Crippen molar-refractivity contribution in [1.82, 2.24) is 9.80 Å². The highest BCUT2D eigenvalue weighted by Gasteiger charge is 2.37. The molecule has 7 heteroatoms. The number of phenols is 1. The molecular formula is C27H33Cl2N3O2. The molecule has 34 heavy (non-hydrogen) atoms. The van der Waals surface area contributed by atoms with E-state index in [1.165, 1.54) is 36.8 Å². The number of piperidine rings is 1. The molecule has 2 aromatic carbocycles. The molecule has 0 radical (unpaired) electrons. The van der Waals surface area contributed by atoms with Crippen LogP contribution in [-0.2, 0) is 11.2 Å². The van der Waals surface area contributed by atoms with Crippen molar-refractivity contribution < 1.29 is 9.90 Å². The first-order valence-electron chi connectivity index (χ1n) is 12.5. The molecule has 0 aromatic heterocycles. The van der Waals surface area contributed by atoms with E-state index < -0.39 is 0 Å². The third-order valence-electron chi connectivity index (χ3n) is 7.86. The van der Waals surface area contributed by atoms with Crippen LogP contribution in [0.2, 0.25) is 10.0 Å². The summed E-state index contributed by atoms with van der Waals surface area (Å²) in [4.78, 5) is 18.1. The second-order valence-corrected chi connectivity index (χ2v) is 10.9. The van der Waals surface area contributed by atoms with Crippen molar-refractivity contribution in [3.63, 3.8) is 0 Å². The number of hydrogen-bond acceptors (Lipinski definition) is 4. The van der Waals surface area contributed by atoms with Crippen molar-refractivity contribution in [1.29, 1.82) is 0 Å². The number of nitrogens with zero attached hydrogens (tertiary/aromatic N) is 2. The van der Waals surface area contributed by atoms with Gasteiger partial charge in [-0.3, -0.25) is 9.69 Å². The Morgan fingerprint density at radius 2 is 1.68 bits per heavy atom. The molecule has 1 aliphatic carbocycles. The van der Waals surface area contributed by atoms with Crippen LogP contribution in [0.4, 0.5) is 5.69 Å². The maximum atomic E-state index is 13.0. The molecule has 1 amide bonds. The molecule has 1 atom stereocenters. The fourth-order valence-electron chi connectivity index (χ4n) is 6.31. The SMILES string of the molecule is O=C(CN1CCc2cc(O)ccc2C1C1CCN(C2CCCC2)CC1)Nc1cc(Cl)cc(Cl)c1. The molecule has 5 rings (SSSR count). The zero-order valence-corrected chi connectivity index (χ0v) is 21.0. The average Bonchev–Trinajstić information content (AvgIpc) is 3.33. The van der Waals surface area contributed by atoms with Gasteiger partial charge in [0.1, 0.15) is 5.75 Å². The maximum absolute atomic E-state index is 13.0. The van der Waals surface area contributed by atoms with Gasteiger partial charge in [0.05, 0.1) is 6.54 Å². The number of halogens is 2. The van der Waals surface area contributed by atoms with Gasteiger partial charge in [-0.2, -0.15) is 0 Å². The third kappa shape index (κ3) is 5.38. The molecule has 2 aromatic rings. The van der Waals surface area contributed by atoms with Crippen molar-refractivity contribution in [3.05, 3.63) is 57.6 Å². The van der Waals surface area contributed by atoms with Gasteiger partial charge >= 0.3 is 0 Å². The second-order valence-electron chi connectivity index (χ2n) is 10.1. The largest absolute Gasteiger partial charge is 0.508 e. The van der Waals surface area contributed by atoms with Gasteiger partial charge in [-0.1, -0.05) is 42.1 Å². The lowest BCUT2D eigenvalue weighted by Crippen LogP contribution is -2.47. The number of benzene rings is 2.